The Labute approximate surface area is 483 Å². The highest BCUT2D eigenvalue weighted by Crippen LogP contribution is 2.31. The van der Waals surface area contributed by atoms with Crippen molar-refractivity contribution in [3.05, 3.63) is 165 Å². The molecule has 6 aromatic rings. The molecule has 0 atom stereocenters. The summed E-state index contributed by atoms with van der Waals surface area (Å²) in [5, 5.41) is 1.52. The Bertz CT molecular complexity index is 2800. The Kier molecular flexibility index (Phi) is 26.7. The third kappa shape index (κ3) is 21.6. The van der Waals surface area contributed by atoms with E-state index in [1.165, 1.54) is 139 Å². The number of hydrogen-bond donors (Lipinski definition) is 0. The largest absolute Gasteiger partial charge is 0.494 e. The molecule has 0 heterocycles. The molecule has 6 aromatic carbocycles. The summed E-state index contributed by atoms with van der Waals surface area (Å²) in [7, 11) is 0. The standard InChI is InChI=1S/C68H78Cl2O10/c1-5-7-9-11-13-15-17-19-21-23-41-75-57-33-25-51(26-34-57)43-49(3)65(71)79-63-39-31-54(47-61(63)69)67(73)77-59-37-29-53-30-38-60(46-56(53)45-59)78-68(74)55-32-40-64(62(70)48-55)80-66(72)50(4)44-52-27-35-58(36-28-52)76-42-24-22-20-18-16-14-12-10-8-6-2/h25-40,43-48H,5-24,41-42H2,1-4H3/b49-43+,50-44+. The monoisotopic (exact) mass is 1120 g/mol. The summed E-state index contributed by atoms with van der Waals surface area (Å²) in [5.74, 6) is -0.387. The third-order valence-electron chi connectivity index (χ3n) is 13.6. The molecule has 0 unspecified atom stereocenters. The van der Waals surface area contributed by atoms with Crippen LogP contribution in [0.15, 0.2) is 132 Å². The SMILES string of the molecule is CCCCCCCCCCCCOc1ccc(/C=C(\C)C(=O)Oc2ccc(C(=O)Oc3ccc4ccc(OC(=O)c5ccc(OC(=O)/C(C)=C/c6ccc(OCCCCCCCCCCCC)cc6)c(Cl)c5)cc4c3)cc2Cl)cc1. The van der Waals surface area contributed by atoms with E-state index in [1.54, 1.807) is 62.4 Å². The van der Waals surface area contributed by atoms with Crippen molar-refractivity contribution >= 4 is 70.0 Å². The molecule has 0 radical (unpaired) electrons. The molecule has 0 saturated carbocycles. The van der Waals surface area contributed by atoms with Gasteiger partial charge in [-0.3, -0.25) is 0 Å². The van der Waals surface area contributed by atoms with Crippen molar-refractivity contribution in [1.82, 2.24) is 0 Å². The Hall–Kier alpha value is -6.88. The lowest BCUT2D eigenvalue weighted by atomic mass is 10.1. The van der Waals surface area contributed by atoms with E-state index >= 15 is 0 Å². The van der Waals surface area contributed by atoms with E-state index in [0.717, 1.165) is 53.7 Å². The van der Waals surface area contributed by atoms with Crippen molar-refractivity contribution in [3.63, 3.8) is 0 Å². The Balaban J connectivity index is 0.923. The number of ether oxygens (including phenoxy) is 6. The van der Waals surface area contributed by atoms with Gasteiger partial charge in [0.25, 0.3) is 0 Å². The Morgan fingerprint density at radius 1 is 0.375 bits per heavy atom. The van der Waals surface area contributed by atoms with Crippen LogP contribution >= 0.6 is 23.2 Å². The fraction of sp³-hybridized carbons (Fsp3) is 0.382. The number of carbonyl (C=O) groups excluding carboxylic acids is 4. The van der Waals surface area contributed by atoms with Crippen LogP contribution in [0.1, 0.15) is 188 Å². The number of halogens is 2. The highest BCUT2D eigenvalue weighted by molar-refractivity contribution is 6.33. The van der Waals surface area contributed by atoms with Crippen LogP contribution in [0.2, 0.25) is 10.0 Å². The Morgan fingerprint density at radius 3 is 1.06 bits per heavy atom. The molecule has 0 amide bonds. The average Bonchev–Trinajstić information content (AvgIpc) is 3.47. The van der Waals surface area contributed by atoms with Gasteiger partial charge in [0.1, 0.15) is 34.5 Å². The molecule has 0 fully saturated rings. The first-order valence-electron chi connectivity index (χ1n) is 28.7. The number of carbonyl (C=O) groups is 4. The van der Waals surface area contributed by atoms with E-state index in [4.69, 9.17) is 51.6 Å². The molecule has 0 saturated heterocycles. The van der Waals surface area contributed by atoms with Gasteiger partial charge in [0.2, 0.25) is 0 Å². The van der Waals surface area contributed by atoms with Crippen molar-refractivity contribution in [2.75, 3.05) is 13.2 Å². The van der Waals surface area contributed by atoms with Crippen molar-refractivity contribution in [1.29, 1.82) is 0 Å². The molecule has 10 nitrogen and oxygen atoms in total. The van der Waals surface area contributed by atoms with E-state index in [1.807, 2.05) is 48.5 Å². The lowest BCUT2D eigenvalue weighted by Crippen LogP contribution is -2.11. The van der Waals surface area contributed by atoms with Gasteiger partial charge in [-0.05, 0) is 146 Å². The summed E-state index contributed by atoms with van der Waals surface area (Å²) in [6, 6.07) is 33.7. The molecule has 6 rings (SSSR count). The van der Waals surface area contributed by atoms with Gasteiger partial charge < -0.3 is 28.4 Å². The molecule has 0 aliphatic heterocycles. The van der Waals surface area contributed by atoms with Crippen LogP contribution in [-0.2, 0) is 9.59 Å². The molecular formula is C68H78Cl2O10. The van der Waals surface area contributed by atoms with E-state index in [9.17, 15) is 19.2 Å². The maximum atomic E-state index is 13.3. The van der Waals surface area contributed by atoms with Crippen LogP contribution in [0.4, 0.5) is 0 Å². The first-order valence-corrected chi connectivity index (χ1v) is 29.5. The fourth-order valence-electron chi connectivity index (χ4n) is 8.94. The van der Waals surface area contributed by atoms with Crippen molar-refractivity contribution < 1.29 is 47.6 Å². The van der Waals surface area contributed by atoms with E-state index in [2.05, 4.69) is 13.8 Å². The molecule has 12 heteroatoms. The zero-order valence-electron chi connectivity index (χ0n) is 47.1. The van der Waals surface area contributed by atoms with Gasteiger partial charge in [0.15, 0.2) is 0 Å². The molecule has 0 aliphatic rings. The number of unbranched alkanes of at least 4 members (excludes halogenated alkanes) is 18. The second kappa shape index (κ2) is 34.3. The number of hydrogen-bond acceptors (Lipinski definition) is 10. The maximum absolute atomic E-state index is 13.3. The van der Waals surface area contributed by atoms with Crippen LogP contribution < -0.4 is 28.4 Å². The van der Waals surface area contributed by atoms with Crippen LogP contribution in [-0.4, -0.2) is 37.1 Å². The maximum Gasteiger partial charge on any atom is 0.343 e. The molecule has 0 N–H and O–H groups in total. The minimum atomic E-state index is -0.693. The first kappa shape index (κ1) is 62.3. The van der Waals surface area contributed by atoms with E-state index in [-0.39, 0.29) is 44.2 Å². The van der Waals surface area contributed by atoms with Crippen molar-refractivity contribution in [2.24, 2.45) is 0 Å². The zero-order chi connectivity index (χ0) is 56.9. The minimum Gasteiger partial charge on any atom is -0.494 e. The predicted molar refractivity (Wildman–Crippen MR) is 323 cm³/mol. The molecule has 0 bridgehead atoms. The van der Waals surface area contributed by atoms with E-state index < -0.39 is 23.9 Å². The molecule has 0 aliphatic carbocycles. The Morgan fingerprint density at radius 2 is 0.713 bits per heavy atom. The number of esters is 4. The van der Waals surface area contributed by atoms with Crippen LogP contribution in [0, 0.1) is 0 Å². The van der Waals surface area contributed by atoms with Gasteiger partial charge in [-0.25, -0.2) is 19.2 Å². The smallest absolute Gasteiger partial charge is 0.343 e. The van der Waals surface area contributed by atoms with Gasteiger partial charge in [-0.15, -0.1) is 0 Å². The lowest BCUT2D eigenvalue weighted by Gasteiger charge is -2.10. The zero-order valence-corrected chi connectivity index (χ0v) is 48.6. The number of fused-ring (bicyclic) bond motifs is 1. The summed E-state index contributed by atoms with van der Waals surface area (Å²) in [4.78, 5) is 52.7. The summed E-state index contributed by atoms with van der Waals surface area (Å²) in [5.41, 5.74) is 2.60. The van der Waals surface area contributed by atoms with Gasteiger partial charge in [-0.2, -0.15) is 0 Å². The number of benzene rings is 6. The second-order valence-electron chi connectivity index (χ2n) is 20.4. The molecule has 0 aromatic heterocycles. The van der Waals surface area contributed by atoms with E-state index in [0.29, 0.717) is 29.7 Å². The summed E-state index contributed by atoms with van der Waals surface area (Å²) < 4.78 is 34.4. The van der Waals surface area contributed by atoms with Crippen LogP contribution in [0.3, 0.4) is 0 Å². The summed E-state index contributed by atoms with van der Waals surface area (Å²) >= 11 is 13.0. The second-order valence-corrected chi connectivity index (χ2v) is 21.2. The molecule has 0 spiro atoms. The third-order valence-corrected chi connectivity index (χ3v) is 14.2. The van der Waals surface area contributed by atoms with Gasteiger partial charge in [-0.1, -0.05) is 189 Å². The predicted octanol–water partition coefficient (Wildman–Crippen LogP) is 19.2. The van der Waals surface area contributed by atoms with Crippen LogP contribution in [0.5, 0.6) is 34.5 Å². The van der Waals surface area contributed by atoms with Gasteiger partial charge >= 0.3 is 23.9 Å². The lowest BCUT2D eigenvalue weighted by molar-refractivity contribution is -0.130. The first-order chi connectivity index (χ1) is 38.9. The topological polar surface area (TPSA) is 124 Å². The summed E-state index contributed by atoms with van der Waals surface area (Å²) in [6.07, 6.45) is 28.9. The van der Waals surface area contributed by atoms with Crippen molar-refractivity contribution in [2.45, 2.75) is 156 Å². The molecule has 80 heavy (non-hydrogen) atoms. The molecular weight excluding hydrogens is 1050 g/mol. The minimum absolute atomic E-state index is 0.0480. The average molecular weight is 1130 g/mol. The van der Waals surface area contributed by atoms with Crippen molar-refractivity contribution in [3.8, 4) is 34.5 Å². The highest BCUT2D eigenvalue weighted by Gasteiger charge is 2.18. The van der Waals surface area contributed by atoms with Crippen LogP contribution in [0.25, 0.3) is 22.9 Å². The van der Waals surface area contributed by atoms with Gasteiger partial charge in [0.05, 0.1) is 34.4 Å². The fourth-order valence-corrected chi connectivity index (χ4v) is 9.38. The van der Waals surface area contributed by atoms with Gasteiger partial charge in [0, 0.05) is 11.1 Å². The molecule has 424 valence electrons. The number of rotatable bonds is 34. The highest BCUT2D eigenvalue weighted by atomic mass is 35.5. The quantitative estimate of drug-likeness (QED) is 0.0167. The normalized spacial score (nSPS) is 11.6. The summed E-state index contributed by atoms with van der Waals surface area (Å²) in [6.45, 7) is 9.15.